The lowest BCUT2D eigenvalue weighted by Crippen LogP contribution is -2.55. The number of carbonyl (C=O) groups excluding carboxylic acids is 1. The minimum Gasteiger partial charge on any atom is -0.480 e. The van der Waals surface area contributed by atoms with Crippen LogP contribution in [0.1, 0.15) is 39.5 Å². The van der Waals surface area contributed by atoms with Gasteiger partial charge in [-0.25, -0.2) is 4.79 Å². The summed E-state index contributed by atoms with van der Waals surface area (Å²) in [4.78, 5) is 22.3. The van der Waals surface area contributed by atoms with Gasteiger partial charge in [-0.1, -0.05) is 0 Å². The summed E-state index contributed by atoms with van der Waals surface area (Å²) < 4.78 is 0. The molecular weight excluding hydrogens is 196 g/mol. The second kappa shape index (κ2) is 3.81. The summed E-state index contributed by atoms with van der Waals surface area (Å²) in [5.74, 6) is -1.33. The van der Waals surface area contributed by atoms with Crippen molar-refractivity contribution in [2.24, 2.45) is 5.73 Å². The predicted molar refractivity (Wildman–Crippen MR) is 55.2 cm³/mol. The number of nitrogens with one attached hydrogen (secondary N) is 1. The number of amides is 1. The number of nitrogens with two attached hydrogens (primary N) is 1. The monoisotopic (exact) mass is 214 g/mol. The normalized spacial score (nSPS) is 19.1. The van der Waals surface area contributed by atoms with Gasteiger partial charge in [-0.15, -0.1) is 0 Å². The fraction of sp³-hybridized carbons (Fsp3) is 0.800. The Morgan fingerprint density at radius 1 is 1.47 bits per heavy atom. The number of rotatable bonds is 4. The highest BCUT2D eigenvalue weighted by Gasteiger charge is 2.37. The maximum absolute atomic E-state index is 11.5. The molecule has 0 aromatic rings. The van der Waals surface area contributed by atoms with Crippen LogP contribution in [0.25, 0.3) is 0 Å². The van der Waals surface area contributed by atoms with Gasteiger partial charge in [0.1, 0.15) is 5.54 Å². The number of carboxylic acid groups (broad SMARTS) is 1. The Kier molecular flexibility index (Phi) is 3.04. The molecule has 0 radical (unpaired) electrons. The van der Waals surface area contributed by atoms with Gasteiger partial charge in [0.25, 0.3) is 0 Å². The van der Waals surface area contributed by atoms with E-state index in [4.69, 9.17) is 10.8 Å². The van der Waals surface area contributed by atoms with E-state index in [0.29, 0.717) is 0 Å². The first-order chi connectivity index (χ1) is 6.75. The Morgan fingerprint density at radius 3 is 2.33 bits per heavy atom. The van der Waals surface area contributed by atoms with Crippen molar-refractivity contribution in [3.05, 3.63) is 0 Å². The third-order valence-electron chi connectivity index (χ3n) is 2.85. The molecule has 0 saturated heterocycles. The number of hydrogen-bond donors (Lipinski definition) is 3. The van der Waals surface area contributed by atoms with E-state index in [1.54, 1.807) is 0 Å². The van der Waals surface area contributed by atoms with E-state index >= 15 is 0 Å². The number of carbonyl (C=O) groups is 2. The number of carboxylic acids is 1. The van der Waals surface area contributed by atoms with E-state index in [0.717, 1.165) is 19.3 Å². The van der Waals surface area contributed by atoms with Crippen molar-refractivity contribution in [3.63, 3.8) is 0 Å². The van der Waals surface area contributed by atoms with Crippen molar-refractivity contribution in [1.29, 1.82) is 0 Å². The first-order valence-corrected chi connectivity index (χ1v) is 5.08. The molecular formula is C10H18N2O3. The highest BCUT2D eigenvalue weighted by molar-refractivity contribution is 5.86. The maximum Gasteiger partial charge on any atom is 0.328 e. The Morgan fingerprint density at radius 2 is 2.00 bits per heavy atom. The van der Waals surface area contributed by atoms with Crippen LogP contribution in [0.4, 0.5) is 0 Å². The first-order valence-electron chi connectivity index (χ1n) is 5.08. The second-order valence-electron chi connectivity index (χ2n) is 4.87. The largest absolute Gasteiger partial charge is 0.480 e. The Bertz CT molecular complexity index is 282. The zero-order valence-electron chi connectivity index (χ0n) is 9.17. The summed E-state index contributed by atoms with van der Waals surface area (Å²) in [5, 5.41) is 11.3. The van der Waals surface area contributed by atoms with E-state index in [-0.39, 0.29) is 12.3 Å². The molecule has 0 heterocycles. The highest BCUT2D eigenvalue weighted by atomic mass is 16.4. The standard InChI is InChI=1S/C10H18N2O3/c1-9(2,8(14)15)12-7(13)6-10(11)4-3-5-10/h3-6,11H2,1-2H3,(H,12,13)(H,14,15). The molecule has 0 bridgehead atoms. The van der Waals surface area contributed by atoms with Crippen LogP contribution in [0, 0.1) is 0 Å². The fourth-order valence-electron chi connectivity index (χ4n) is 1.57. The molecule has 0 atom stereocenters. The van der Waals surface area contributed by atoms with Gasteiger partial charge in [0.05, 0.1) is 0 Å². The van der Waals surface area contributed by atoms with Gasteiger partial charge in [0, 0.05) is 12.0 Å². The zero-order valence-corrected chi connectivity index (χ0v) is 9.17. The van der Waals surface area contributed by atoms with Crippen LogP contribution >= 0.6 is 0 Å². The van der Waals surface area contributed by atoms with Gasteiger partial charge < -0.3 is 16.2 Å². The maximum atomic E-state index is 11.5. The Balaban J connectivity index is 2.45. The summed E-state index contributed by atoms with van der Waals surface area (Å²) in [6.45, 7) is 2.91. The molecule has 5 heteroatoms. The molecule has 1 aliphatic carbocycles. The van der Waals surface area contributed by atoms with Gasteiger partial charge in [-0.05, 0) is 33.1 Å². The van der Waals surface area contributed by atoms with Gasteiger partial charge in [0.15, 0.2) is 0 Å². The highest BCUT2D eigenvalue weighted by Crippen LogP contribution is 2.32. The third kappa shape index (κ3) is 2.92. The molecule has 5 nitrogen and oxygen atoms in total. The van der Waals surface area contributed by atoms with Gasteiger partial charge in [0.2, 0.25) is 5.91 Å². The van der Waals surface area contributed by atoms with Crippen molar-refractivity contribution in [1.82, 2.24) is 5.32 Å². The molecule has 0 aromatic carbocycles. The molecule has 4 N–H and O–H groups in total. The number of hydrogen-bond acceptors (Lipinski definition) is 3. The van der Waals surface area contributed by atoms with Gasteiger partial charge >= 0.3 is 5.97 Å². The quantitative estimate of drug-likeness (QED) is 0.625. The smallest absolute Gasteiger partial charge is 0.328 e. The zero-order chi connectivity index (χ0) is 11.7. The van der Waals surface area contributed by atoms with Gasteiger partial charge in [-0.2, -0.15) is 0 Å². The fourth-order valence-corrected chi connectivity index (χ4v) is 1.57. The van der Waals surface area contributed by atoms with Crippen molar-refractivity contribution in [2.45, 2.75) is 50.6 Å². The van der Waals surface area contributed by atoms with E-state index in [9.17, 15) is 9.59 Å². The molecule has 1 amide bonds. The lowest BCUT2D eigenvalue weighted by atomic mass is 9.75. The summed E-state index contributed by atoms with van der Waals surface area (Å²) >= 11 is 0. The van der Waals surface area contributed by atoms with Crippen LogP contribution in [0.5, 0.6) is 0 Å². The molecule has 15 heavy (non-hydrogen) atoms. The van der Waals surface area contributed by atoms with Crippen LogP contribution in [0.2, 0.25) is 0 Å². The average Bonchev–Trinajstić information content (AvgIpc) is 1.99. The topological polar surface area (TPSA) is 92.4 Å². The lowest BCUT2D eigenvalue weighted by Gasteiger charge is -2.38. The van der Waals surface area contributed by atoms with E-state index in [2.05, 4.69) is 5.32 Å². The molecule has 1 aliphatic rings. The molecule has 0 spiro atoms. The SMILES string of the molecule is CC(C)(NC(=O)CC1(N)CCC1)C(=O)O. The minimum atomic E-state index is -1.23. The predicted octanol–water partition coefficient (Wildman–Crippen LogP) is 0.237. The molecule has 0 aliphatic heterocycles. The van der Waals surface area contributed by atoms with E-state index in [1.165, 1.54) is 13.8 Å². The van der Waals surface area contributed by atoms with Crippen LogP contribution in [-0.4, -0.2) is 28.1 Å². The molecule has 1 rings (SSSR count). The molecule has 0 unspecified atom stereocenters. The molecule has 1 saturated carbocycles. The first kappa shape index (κ1) is 12.0. The number of aliphatic carboxylic acids is 1. The Labute approximate surface area is 89.0 Å². The van der Waals surface area contributed by atoms with Crippen LogP contribution < -0.4 is 11.1 Å². The van der Waals surface area contributed by atoms with Crippen molar-refractivity contribution in [3.8, 4) is 0 Å². The van der Waals surface area contributed by atoms with Crippen LogP contribution in [-0.2, 0) is 9.59 Å². The lowest BCUT2D eigenvalue weighted by molar-refractivity contribution is -0.146. The third-order valence-corrected chi connectivity index (χ3v) is 2.85. The molecule has 0 aromatic heterocycles. The molecule has 1 fully saturated rings. The van der Waals surface area contributed by atoms with Crippen molar-refractivity contribution in [2.75, 3.05) is 0 Å². The minimum absolute atomic E-state index is 0.212. The second-order valence-corrected chi connectivity index (χ2v) is 4.87. The van der Waals surface area contributed by atoms with E-state index in [1.807, 2.05) is 0 Å². The Hall–Kier alpha value is -1.10. The van der Waals surface area contributed by atoms with Crippen molar-refractivity contribution >= 4 is 11.9 Å². The average molecular weight is 214 g/mol. The summed E-state index contributed by atoms with van der Waals surface area (Å²) in [5.41, 5.74) is 4.26. The summed E-state index contributed by atoms with van der Waals surface area (Å²) in [7, 11) is 0. The summed E-state index contributed by atoms with van der Waals surface area (Å²) in [6, 6.07) is 0. The molecule has 86 valence electrons. The van der Waals surface area contributed by atoms with Crippen LogP contribution in [0.3, 0.4) is 0 Å². The van der Waals surface area contributed by atoms with E-state index < -0.39 is 17.0 Å². The van der Waals surface area contributed by atoms with Crippen LogP contribution in [0.15, 0.2) is 0 Å². The summed E-state index contributed by atoms with van der Waals surface area (Å²) in [6.07, 6.45) is 2.94. The van der Waals surface area contributed by atoms with Crippen molar-refractivity contribution < 1.29 is 14.7 Å². The van der Waals surface area contributed by atoms with Gasteiger partial charge in [-0.3, -0.25) is 4.79 Å².